The van der Waals surface area contributed by atoms with Gasteiger partial charge in [-0.3, -0.25) is 9.57 Å². The van der Waals surface area contributed by atoms with Crippen molar-refractivity contribution >= 4 is 21.1 Å². The average molecular weight is 265 g/mol. The summed E-state index contributed by atoms with van der Waals surface area (Å²) in [4.78, 5) is 14.0. The Bertz CT molecular complexity index is 390. The lowest BCUT2D eigenvalue weighted by molar-refractivity contribution is 0.241. The van der Waals surface area contributed by atoms with E-state index in [2.05, 4.69) is 19.4 Å². The number of hydrogen-bond acceptors (Lipinski definition) is 2. The zero-order valence-electron chi connectivity index (χ0n) is 10.7. The number of urea groups is 1. The van der Waals surface area contributed by atoms with Gasteiger partial charge in [-0.15, -0.1) is 0 Å². The van der Waals surface area contributed by atoms with Crippen molar-refractivity contribution < 1.29 is 4.79 Å². The summed E-state index contributed by atoms with van der Waals surface area (Å²) < 4.78 is 2.23. The monoisotopic (exact) mass is 265 g/mol. The summed E-state index contributed by atoms with van der Waals surface area (Å²) >= 11 is 0. The number of benzene rings is 1. The Hall–Kier alpha value is -1.12. The minimum Gasteiger partial charge on any atom is -0.341 e. The third-order valence-electron chi connectivity index (χ3n) is 3.33. The fourth-order valence-electron chi connectivity index (χ4n) is 2.35. The van der Waals surface area contributed by atoms with Crippen LogP contribution in [0.5, 0.6) is 0 Å². The van der Waals surface area contributed by atoms with Crippen LogP contribution >= 0.6 is 9.39 Å². The van der Waals surface area contributed by atoms with Crippen molar-refractivity contribution in [1.82, 2.24) is 9.99 Å². The largest absolute Gasteiger partial charge is 0.341 e. The molecule has 0 spiro atoms. The van der Waals surface area contributed by atoms with Crippen LogP contribution in [0.4, 0.5) is 10.5 Å². The standard InChI is InChI=1S/C13H20N3OP/c1-14-13(17)16(11-5-3-2-4-6-11)12-7-9-15(18)10-8-12/h2-6,12H,7-10,18H2,1H3,(H,14,17). The van der Waals surface area contributed by atoms with E-state index in [0.29, 0.717) is 0 Å². The van der Waals surface area contributed by atoms with Crippen molar-refractivity contribution in [1.29, 1.82) is 0 Å². The summed E-state index contributed by atoms with van der Waals surface area (Å²) in [5.41, 5.74) is 0.971. The van der Waals surface area contributed by atoms with Gasteiger partial charge in [0.15, 0.2) is 0 Å². The van der Waals surface area contributed by atoms with Gasteiger partial charge in [0.1, 0.15) is 0 Å². The number of nitrogens with one attached hydrogen (secondary N) is 1. The summed E-state index contributed by atoms with van der Waals surface area (Å²) in [5.74, 6) is 0. The van der Waals surface area contributed by atoms with Crippen molar-refractivity contribution in [2.45, 2.75) is 18.9 Å². The molecule has 1 aliphatic rings. The first-order valence-electron chi connectivity index (χ1n) is 6.28. The topological polar surface area (TPSA) is 35.6 Å². The number of amides is 2. The first-order valence-corrected chi connectivity index (χ1v) is 6.79. The fraction of sp³-hybridized carbons (Fsp3) is 0.462. The molecule has 1 fully saturated rings. The normalized spacial score (nSPS) is 17.4. The quantitative estimate of drug-likeness (QED) is 0.831. The second-order valence-electron chi connectivity index (χ2n) is 4.53. The fourth-order valence-corrected chi connectivity index (χ4v) is 2.65. The van der Waals surface area contributed by atoms with E-state index in [1.54, 1.807) is 7.05 Å². The van der Waals surface area contributed by atoms with Crippen LogP contribution in [0, 0.1) is 0 Å². The van der Waals surface area contributed by atoms with E-state index in [9.17, 15) is 4.79 Å². The lowest BCUT2D eigenvalue weighted by Gasteiger charge is -2.36. The Morgan fingerprint density at radius 2 is 1.94 bits per heavy atom. The molecule has 0 saturated carbocycles. The van der Waals surface area contributed by atoms with Gasteiger partial charge in [0.05, 0.1) is 0 Å². The van der Waals surface area contributed by atoms with Gasteiger partial charge in [0.25, 0.3) is 0 Å². The van der Waals surface area contributed by atoms with E-state index in [-0.39, 0.29) is 12.1 Å². The van der Waals surface area contributed by atoms with Crippen LogP contribution < -0.4 is 10.2 Å². The summed E-state index contributed by atoms with van der Waals surface area (Å²) in [6.07, 6.45) is 2.01. The average Bonchev–Trinajstić information content (AvgIpc) is 2.42. The molecule has 1 saturated heterocycles. The predicted molar refractivity (Wildman–Crippen MR) is 77.7 cm³/mol. The minimum absolute atomic E-state index is 0.0246. The highest BCUT2D eigenvalue weighted by Crippen LogP contribution is 2.24. The molecule has 0 aliphatic carbocycles. The second kappa shape index (κ2) is 6.17. The zero-order chi connectivity index (χ0) is 13.0. The third kappa shape index (κ3) is 3.01. The van der Waals surface area contributed by atoms with Crippen molar-refractivity contribution in [3.63, 3.8) is 0 Å². The van der Waals surface area contributed by atoms with E-state index in [1.165, 1.54) is 0 Å². The molecule has 18 heavy (non-hydrogen) atoms. The molecular formula is C13H20N3OP. The molecule has 2 amide bonds. The van der Waals surface area contributed by atoms with E-state index >= 15 is 0 Å². The van der Waals surface area contributed by atoms with Crippen molar-refractivity contribution in [3.05, 3.63) is 30.3 Å². The van der Waals surface area contributed by atoms with Crippen molar-refractivity contribution in [2.75, 3.05) is 25.0 Å². The van der Waals surface area contributed by atoms with E-state index < -0.39 is 0 Å². The van der Waals surface area contributed by atoms with Crippen molar-refractivity contribution in [3.8, 4) is 0 Å². The molecule has 0 radical (unpaired) electrons. The van der Waals surface area contributed by atoms with Crippen LogP contribution in [0.25, 0.3) is 0 Å². The molecule has 0 bridgehead atoms. The van der Waals surface area contributed by atoms with Gasteiger partial charge in [-0.25, -0.2) is 4.79 Å². The predicted octanol–water partition coefficient (Wildman–Crippen LogP) is 2.09. The lowest BCUT2D eigenvalue weighted by Crippen LogP contribution is -2.49. The molecule has 4 nitrogen and oxygen atoms in total. The number of hydrogen-bond donors (Lipinski definition) is 1. The van der Waals surface area contributed by atoms with Gasteiger partial charge in [0, 0.05) is 31.9 Å². The Morgan fingerprint density at radius 3 is 2.50 bits per heavy atom. The zero-order valence-corrected chi connectivity index (χ0v) is 11.8. The van der Waals surface area contributed by atoms with Gasteiger partial charge >= 0.3 is 6.03 Å². The molecule has 5 heteroatoms. The van der Waals surface area contributed by atoms with E-state index in [0.717, 1.165) is 31.6 Å². The molecule has 1 aromatic carbocycles. The Kier molecular flexibility index (Phi) is 4.56. The number of carbonyl (C=O) groups excluding carboxylic acids is 1. The van der Waals surface area contributed by atoms with Crippen LogP contribution in [-0.2, 0) is 0 Å². The maximum absolute atomic E-state index is 12.1. The Morgan fingerprint density at radius 1 is 1.33 bits per heavy atom. The summed E-state index contributed by atoms with van der Waals surface area (Å²) in [6, 6.07) is 10.1. The smallest absolute Gasteiger partial charge is 0.321 e. The number of carbonyl (C=O) groups is 1. The first kappa shape index (κ1) is 13.3. The molecule has 1 heterocycles. The molecule has 1 aliphatic heterocycles. The van der Waals surface area contributed by atoms with Gasteiger partial charge < -0.3 is 5.32 Å². The molecule has 1 atom stereocenters. The number of nitrogens with zero attached hydrogens (tertiary/aromatic N) is 2. The van der Waals surface area contributed by atoms with E-state index in [1.807, 2.05) is 35.2 Å². The van der Waals surface area contributed by atoms with Crippen molar-refractivity contribution in [2.24, 2.45) is 0 Å². The van der Waals surface area contributed by atoms with Gasteiger partial charge in [-0.1, -0.05) is 27.6 Å². The highest BCUT2D eigenvalue weighted by atomic mass is 31.0. The first-order chi connectivity index (χ1) is 8.72. The highest BCUT2D eigenvalue weighted by molar-refractivity contribution is 7.13. The minimum atomic E-state index is -0.0246. The Balaban J connectivity index is 2.18. The van der Waals surface area contributed by atoms with Crippen LogP contribution in [0.1, 0.15) is 12.8 Å². The number of piperidine rings is 1. The van der Waals surface area contributed by atoms with Crippen LogP contribution in [0.2, 0.25) is 0 Å². The van der Waals surface area contributed by atoms with E-state index in [4.69, 9.17) is 0 Å². The maximum Gasteiger partial charge on any atom is 0.321 e. The van der Waals surface area contributed by atoms with Crippen LogP contribution in [-0.4, -0.2) is 36.9 Å². The van der Waals surface area contributed by atoms with Crippen LogP contribution in [0.15, 0.2) is 30.3 Å². The third-order valence-corrected chi connectivity index (χ3v) is 3.85. The molecule has 1 unspecified atom stereocenters. The Labute approximate surface area is 111 Å². The molecule has 1 aromatic rings. The second-order valence-corrected chi connectivity index (χ2v) is 5.26. The number of anilines is 1. The number of para-hydroxylation sites is 1. The summed E-state index contributed by atoms with van der Waals surface area (Å²) in [7, 11) is 4.42. The SMILES string of the molecule is CNC(=O)N(c1ccccc1)C1CCN(P)CC1. The number of rotatable bonds is 2. The highest BCUT2D eigenvalue weighted by Gasteiger charge is 2.27. The molecule has 0 aromatic heterocycles. The maximum atomic E-state index is 12.1. The van der Waals surface area contributed by atoms with Crippen LogP contribution in [0.3, 0.4) is 0 Å². The lowest BCUT2D eigenvalue weighted by atomic mass is 10.0. The summed E-state index contributed by atoms with van der Waals surface area (Å²) in [5, 5.41) is 2.74. The molecular weight excluding hydrogens is 245 g/mol. The van der Waals surface area contributed by atoms with Gasteiger partial charge in [-0.05, 0) is 25.0 Å². The summed E-state index contributed by atoms with van der Waals surface area (Å²) in [6.45, 7) is 2.02. The molecule has 2 rings (SSSR count). The molecule has 98 valence electrons. The van der Waals surface area contributed by atoms with Gasteiger partial charge in [-0.2, -0.15) is 0 Å². The van der Waals surface area contributed by atoms with Gasteiger partial charge in [0.2, 0.25) is 0 Å². The molecule has 1 N–H and O–H groups in total.